The molecule has 2 aromatic rings. The normalized spacial score (nSPS) is 16.7. The first kappa shape index (κ1) is 15.2. The van der Waals surface area contributed by atoms with E-state index in [1.807, 2.05) is 37.3 Å². The van der Waals surface area contributed by atoms with Gasteiger partial charge in [0.2, 0.25) is 11.6 Å². The molecule has 0 spiro atoms. The van der Waals surface area contributed by atoms with E-state index in [0.717, 1.165) is 17.6 Å². The zero-order valence-electron chi connectivity index (χ0n) is 13.0. The Morgan fingerprint density at radius 3 is 2.52 bits per heavy atom. The van der Waals surface area contributed by atoms with Gasteiger partial charge < -0.3 is 4.74 Å². The Labute approximate surface area is 135 Å². The minimum Gasteiger partial charge on any atom is -0.477 e. The molecular formula is C20H18O3. The maximum Gasteiger partial charge on any atom is 0.248 e. The number of carbonyl (C=O) groups is 2. The largest absolute Gasteiger partial charge is 0.477 e. The van der Waals surface area contributed by atoms with Gasteiger partial charge in [0, 0.05) is 5.56 Å². The van der Waals surface area contributed by atoms with E-state index in [2.05, 4.69) is 6.58 Å². The molecule has 0 aromatic heterocycles. The molecule has 1 aliphatic heterocycles. The van der Waals surface area contributed by atoms with Crippen LogP contribution < -0.4 is 4.74 Å². The Kier molecular flexibility index (Phi) is 4.11. The van der Waals surface area contributed by atoms with Crippen LogP contribution in [0.5, 0.6) is 5.75 Å². The van der Waals surface area contributed by atoms with Crippen molar-refractivity contribution in [3.8, 4) is 5.75 Å². The van der Waals surface area contributed by atoms with Crippen molar-refractivity contribution < 1.29 is 14.3 Å². The number of hydrogen-bond acceptors (Lipinski definition) is 3. The molecular weight excluding hydrogens is 288 g/mol. The lowest BCUT2D eigenvalue weighted by molar-refractivity contribution is -0.122. The van der Waals surface area contributed by atoms with Crippen LogP contribution in [0.2, 0.25) is 0 Å². The van der Waals surface area contributed by atoms with Gasteiger partial charge in [0.15, 0.2) is 6.10 Å². The fraction of sp³-hybridized carbons (Fsp3) is 0.200. The van der Waals surface area contributed by atoms with Crippen LogP contribution >= 0.6 is 0 Å². The Bertz CT molecular complexity index is 775. The van der Waals surface area contributed by atoms with Crippen molar-refractivity contribution in [2.45, 2.75) is 25.9 Å². The van der Waals surface area contributed by atoms with Crippen molar-refractivity contribution in [3.63, 3.8) is 0 Å². The molecule has 0 bridgehead atoms. The molecule has 0 radical (unpaired) electrons. The van der Waals surface area contributed by atoms with Gasteiger partial charge in [-0.3, -0.25) is 9.59 Å². The molecule has 3 heteroatoms. The summed E-state index contributed by atoms with van der Waals surface area (Å²) >= 11 is 0. The zero-order chi connectivity index (χ0) is 16.4. The maximum absolute atomic E-state index is 12.6. The Morgan fingerprint density at radius 2 is 1.83 bits per heavy atom. The van der Waals surface area contributed by atoms with Crippen LogP contribution in [0.4, 0.5) is 0 Å². The topological polar surface area (TPSA) is 43.4 Å². The second-order valence-electron chi connectivity index (χ2n) is 5.85. The van der Waals surface area contributed by atoms with Crippen LogP contribution in [0.3, 0.4) is 0 Å². The number of allylic oxidation sites excluding steroid dienone is 1. The van der Waals surface area contributed by atoms with Gasteiger partial charge >= 0.3 is 0 Å². The number of hydrogen-bond donors (Lipinski definition) is 0. The fourth-order valence-corrected chi connectivity index (χ4v) is 2.76. The molecule has 0 N–H and O–H groups in total. The number of ether oxygens (including phenoxy) is 1. The number of carbonyl (C=O) groups excluding carboxylic acids is 2. The number of rotatable bonds is 4. The Morgan fingerprint density at radius 1 is 1.09 bits per heavy atom. The monoisotopic (exact) mass is 306 g/mol. The number of Topliss-reactive ketones (excluding diaryl/α,β-unsaturated/α-hetero) is 2. The molecule has 0 saturated carbocycles. The second kappa shape index (κ2) is 6.21. The number of ketones is 2. The third-order valence-corrected chi connectivity index (χ3v) is 3.97. The summed E-state index contributed by atoms with van der Waals surface area (Å²) in [5.74, 6) is -0.480. The Hall–Kier alpha value is -2.68. The van der Waals surface area contributed by atoms with E-state index in [1.165, 1.54) is 0 Å². The van der Waals surface area contributed by atoms with Crippen LogP contribution in [-0.4, -0.2) is 11.6 Å². The maximum atomic E-state index is 12.6. The van der Waals surface area contributed by atoms with E-state index < -0.39 is 17.7 Å². The highest BCUT2D eigenvalue weighted by molar-refractivity contribution is 6.46. The summed E-state index contributed by atoms with van der Waals surface area (Å²) in [7, 11) is 0. The van der Waals surface area contributed by atoms with Crippen molar-refractivity contribution in [2.24, 2.45) is 0 Å². The molecule has 1 heterocycles. The van der Waals surface area contributed by atoms with Crippen LogP contribution in [-0.2, 0) is 11.2 Å². The summed E-state index contributed by atoms with van der Waals surface area (Å²) < 4.78 is 5.86. The molecule has 0 saturated heterocycles. The third kappa shape index (κ3) is 2.95. The molecule has 0 amide bonds. The highest BCUT2D eigenvalue weighted by Gasteiger charge is 2.37. The fourth-order valence-electron chi connectivity index (χ4n) is 2.76. The third-order valence-electron chi connectivity index (χ3n) is 3.97. The molecule has 0 fully saturated rings. The summed E-state index contributed by atoms with van der Waals surface area (Å²) in [4.78, 5) is 25.1. The summed E-state index contributed by atoms with van der Waals surface area (Å²) in [6.45, 7) is 5.83. The smallest absolute Gasteiger partial charge is 0.248 e. The number of fused-ring (bicyclic) bond motifs is 1. The van der Waals surface area contributed by atoms with E-state index in [0.29, 0.717) is 23.3 Å². The first-order valence-electron chi connectivity index (χ1n) is 7.64. The summed E-state index contributed by atoms with van der Waals surface area (Å²) in [6.07, 6.45) is 0.601. The average molecular weight is 306 g/mol. The molecule has 0 aliphatic carbocycles. The second-order valence-corrected chi connectivity index (χ2v) is 5.85. The van der Waals surface area contributed by atoms with Gasteiger partial charge in [0.1, 0.15) is 5.75 Å². The van der Waals surface area contributed by atoms with Crippen molar-refractivity contribution in [1.82, 2.24) is 0 Å². The van der Waals surface area contributed by atoms with E-state index in [1.54, 1.807) is 18.2 Å². The molecule has 3 nitrogen and oxygen atoms in total. The van der Waals surface area contributed by atoms with Crippen LogP contribution in [0, 0.1) is 0 Å². The van der Waals surface area contributed by atoms with E-state index in [4.69, 9.17) is 4.74 Å². The number of benzene rings is 2. The molecule has 23 heavy (non-hydrogen) atoms. The minimum absolute atomic E-state index is 0.408. The summed E-state index contributed by atoms with van der Waals surface area (Å²) in [5, 5.41) is 0. The number of aryl methyl sites for hydroxylation is 1. The summed E-state index contributed by atoms with van der Waals surface area (Å²) in [5.41, 5.74) is 2.99. The first-order valence-corrected chi connectivity index (χ1v) is 7.64. The van der Waals surface area contributed by atoms with Gasteiger partial charge in [-0.15, -0.1) is 6.58 Å². The van der Waals surface area contributed by atoms with E-state index >= 15 is 0 Å². The molecule has 1 unspecified atom stereocenters. The lowest BCUT2D eigenvalue weighted by atomic mass is 9.90. The lowest BCUT2D eigenvalue weighted by Crippen LogP contribution is -2.32. The van der Waals surface area contributed by atoms with E-state index in [9.17, 15) is 9.59 Å². The van der Waals surface area contributed by atoms with Crippen LogP contribution in [0.15, 0.2) is 60.7 Å². The lowest BCUT2D eigenvalue weighted by Gasteiger charge is -2.25. The predicted octanol–water partition coefficient (Wildman–Crippen LogP) is 4.08. The zero-order valence-corrected chi connectivity index (χ0v) is 13.0. The highest BCUT2D eigenvalue weighted by atomic mass is 16.5. The van der Waals surface area contributed by atoms with Crippen molar-refractivity contribution in [1.29, 1.82) is 0 Å². The van der Waals surface area contributed by atoms with Gasteiger partial charge in [-0.2, -0.15) is 0 Å². The van der Waals surface area contributed by atoms with Gasteiger partial charge in [0.25, 0.3) is 0 Å². The SMILES string of the molecule is C=C(C)CCc1cccc2c1C(=O)C(=O)C(c1ccccc1)O2. The first-order chi connectivity index (χ1) is 11.1. The molecule has 1 atom stereocenters. The molecule has 2 aromatic carbocycles. The Balaban J connectivity index is 1.98. The predicted molar refractivity (Wildman–Crippen MR) is 88.7 cm³/mol. The van der Waals surface area contributed by atoms with Crippen LogP contribution in [0.25, 0.3) is 0 Å². The van der Waals surface area contributed by atoms with E-state index in [-0.39, 0.29) is 0 Å². The molecule has 116 valence electrons. The van der Waals surface area contributed by atoms with Gasteiger partial charge in [-0.25, -0.2) is 0 Å². The van der Waals surface area contributed by atoms with Gasteiger partial charge in [0.05, 0.1) is 5.56 Å². The highest BCUT2D eigenvalue weighted by Crippen LogP contribution is 2.35. The van der Waals surface area contributed by atoms with Crippen molar-refractivity contribution >= 4 is 11.6 Å². The minimum atomic E-state index is -0.854. The quantitative estimate of drug-likeness (QED) is 0.631. The molecule has 3 rings (SSSR count). The molecule has 1 aliphatic rings. The van der Waals surface area contributed by atoms with Crippen LogP contribution in [0.1, 0.15) is 40.9 Å². The van der Waals surface area contributed by atoms with Gasteiger partial charge in [-0.05, 0) is 31.4 Å². The average Bonchev–Trinajstić information content (AvgIpc) is 2.56. The standard InChI is InChI=1S/C20H18O3/c1-13(2)11-12-14-9-6-10-16-17(14)18(21)19(22)20(23-16)15-7-4-3-5-8-15/h3-10,20H,1,11-12H2,2H3. The van der Waals surface area contributed by atoms with Crippen molar-refractivity contribution in [2.75, 3.05) is 0 Å². The van der Waals surface area contributed by atoms with Crippen molar-refractivity contribution in [3.05, 3.63) is 77.4 Å². The van der Waals surface area contributed by atoms with Gasteiger partial charge in [-0.1, -0.05) is 48.0 Å². The summed E-state index contributed by atoms with van der Waals surface area (Å²) in [6, 6.07) is 14.6.